The highest BCUT2D eigenvalue weighted by atomic mass is 16.3. The number of nitrogens with two attached hydrogens (primary N) is 1. The van der Waals surface area contributed by atoms with Crippen LogP contribution in [0.1, 0.15) is 58.8 Å². The second-order valence-electron chi connectivity index (χ2n) is 6.63. The van der Waals surface area contributed by atoms with Crippen LogP contribution >= 0.6 is 0 Å². The highest BCUT2D eigenvalue weighted by molar-refractivity contribution is 5.76. The summed E-state index contributed by atoms with van der Waals surface area (Å²) in [6.07, 6.45) is 5.93. The third kappa shape index (κ3) is 5.11. The van der Waals surface area contributed by atoms with E-state index in [1.165, 1.54) is 0 Å². The Balaban J connectivity index is 2.44. The van der Waals surface area contributed by atoms with Crippen molar-refractivity contribution >= 4 is 5.91 Å². The van der Waals surface area contributed by atoms with Gasteiger partial charge in [-0.05, 0) is 37.6 Å². The van der Waals surface area contributed by atoms with Crippen LogP contribution in [0.15, 0.2) is 0 Å². The third-order valence-corrected chi connectivity index (χ3v) is 4.42. The monoisotopic (exact) mass is 270 g/mol. The fourth-order valence-electron chi connectivity index (χ4n) is 2.87. The van der Waals surface area contributed by atoms with Crippen molar-refractivity contribution in [2.75, 3.05) is 13.6 Å². The lowest BCUT2D eigenvalue weighted by molar-refractivity contribution is -0.136. The van der Waals surface area contributed by atoms with Gasteiger partial charge in [-0.25, -0.2) is 0 Å². The lowest BCUT2D eigenvalue weighted by Gasteiger charge is -2.36. The quantitative estimate of drug-likeness (QED) is 0.774. The summed E-state index contributed by atoms with van der Waals surface area (Å²) in [5.41, 5.74) is 5.71. The molecule has 1 aliphatic carbocycles. The van der Waals surface area contributed by atoms with Gasteiger partial charge in [0, 0.05) is 13.5 Å². The van der Waals surface area contributed by atoms with Gasteiger partial charge >= 0.3 is 0 Å². The summed E-state index contributed by atoms with van der Waals surface area (Å²) in [4.78, 5) is 14.0. The minimum Gasteiger partial charge on any atom is -0.391 e. The summed E-state index contributed by atoms with van der Waals surface area (Å²) in [6.45, 7) is 4.98. The van der Waals surface area contributed by atoms with E-state index in [1.54, 1.807) is 4.90 Å². The van der Waals surface area contributed by atoms with Crippen molar-refractivity contribution in [2.45, 2.75) is 70.9 Å². The van der Waals surface area contributed by atoms with E-state index in [0.717, 1.165) is 38.5 Å². The smallest absolute Gasteiger partial charge is 0.222 e. The van der Waals surface area contributed by atoms with Crippen molar-refractivity contribution in [3.8, 4) is 0 Å². The standard InChI is InChI=1S/C15H30N2O2/c1-15(2,10-11-16)9-8-14(19)17(3)12-6-4-5-7-13(12)18/h12-13,18H,4-11,16H2,1-3H3. The molecule has 0 spiro atoms. The Hall–Kier alpha value is -0.610. The van der Waals surface area contributed by atoms with E-state index in [9.17, 15) is 9.90 Å². The Kier molecular flexibility index (Phi) is 6.27. The maximum absolute atomic E-state index is 12.2. The summed E-state index contributed by atoms with van der Waals surface area (Å²) in [5, 5.41) is 9.99. The zero-order chi connectivity index (χ0) is 14.5. The molecule has 0 aromatic carbocycles. The van der Waals surface area contributed by atoms with Crippen molar-refractivity contribution in [3.05, 3.63) is 0 Å². The van der Waals surface area contributed by atoms with Crippen LogP contribution in [0.5, 0.6) is 0 Å². The summed E-state index contributed by atoms with van der Waals surface area (Å²) >= 11 is 0. The van der Waals surface area contributed by atoms with Gasteiger partial charge in [-0.2, -0.15) is 0 Å². The van der Waals surface area contributed by atoms with Crippen molar-refractivity contribution in [3.63, 3.8) is 0 Å². The Morgan fingerprint density at radius 2 is 1.95 bits per heavy atom. The Labute approximate surface area is 117 Å². The molecule has 4 heteroatoms. The van der Waals surface area contributed by atoms with Crippen LogP contribution in [0.3, 0.4) is 0 Å². The van der Waals surface area contributed by atoms with E-state index < -0.39 is 0 Å². The first-order valence-corrected chi connectivity index (χ1v) is 7.51. The molecular weight excluding hydrogens is 240 g/mol. The van der Waals surface area contributed by atoms with Crippen LogP contribution in [0, 0.1) is 5.41 Å². The van der Waals surface area contributed by atoms with Gasteiger partial charge in [0.05, 0.1) is 12.1 Å². The molecule has 0 bridgehead atoms. The van der Waals surface area contributed by atoms with Gasteiger partial charge in [0.1, 0.15) is 0 Å². The first kappa shape index (κ1) is 16.4. The van der Waals surface area contributed by atoms with E-state index in [1.807, 2.05) is 7.05 Å². The van der Waals surface area contributed by atoms with Crippen molar-refractivity contribution < 1.29 is 9.90 Å². The average Bonchev–Trinajstić information content (AvgIpc) is 2.36. The highest BCUT2D eigenvalue weighted by Gasteiger charge is 2.29. The fourth-order valence-corrected chi connectivity index (χ4v) is 2.87. The van der Waals surface area contributed by atoms with Crippen LogP contribution in [-0.2, 0) is 4.79 Å². The van der Waals surface area contributed by atoms with E-state index in [2.05, 4.69) is 13.8 Å². The molecule has 0 saturated heterocycles. The first-order chi connectivity index (χ1) is 8.87. The topological polar surface area (TPSA) is 66.6 Å². The molecule has 0 aromatic heterocycles. The van der Waals surface area contributed by atoms with E-state index in [0.29, 0.717) is 13.0 Å². The molecule has 112 valence electrons. The van der Waals surface area contributed by atoms with Gasteiger partial charge < -0.3 is 15.7 Å². The van der Waals surface area contributed by atoms with E-state index in [4.69, 9.17) is 5.73 Å². The largest absolute Gasteiger partial charge is 0.391 e. The number of amides is 1. The molecule has 2 atom stereocenters. The van der Waals surface area contributed by atoms with E-state index >= 15 is 0 Å². The van der Waals surface area contributed by atoms with Crippen molar-refractivity contribution in [1.29, 1.82) is 0 Å². The predicted octanol–water partition coefficient (Wildman–Crippen LogP) is 1.90. The molecule has 1 rings (SSSR count). The molecule has 19 heavy (non-hydrogen) atoms. The second-order valence-corrected chi connectivity index (χ2v) is 6.63. The zero-order valence-electron chi connectivity index (χ0n) is 12.7. The molecular formula is C15H30N2O2. The number of aliphatic hydroxyl groups excluding tert-OH is 1. The number of likely N-dealkylation sites (N-methyl/N-ethyl adjacent to an activating group) is 1. The molecule has 3 N–H and O–H groups in total. The molecule has 2 unspecified atom stereocenters. The van der Waals surface area contributed by atoms with Crippen LogP contribution in [-0.4, -0.2) is 41.7 Å². The van der Waals surface area contributed by atoms with Gasteiger partial charge in [-0.3, -0.25) is 4.79 Å². The average molecular weight is 270 g/mol. The van der Waals surface area contributed by atoms with E-state index in [-0.39, 0.29) is 23.5 Å². The van der Waals surface area contributed by atoms with Crippen LogP contribution in [0.4, 0.5) is 0 Å². The van der Waals surface area contributed by atoms with Gasteiger partial charge in [-0.1, -0.05) is 26.7 Å². The molecule has 0 heterocycles. The maximum Gasteiger partial charge on any atom is 0.222 e. The number of carbonyl (C=O) groups is 1. The van der Waals surface area contributed by atoms with Crippen molar-refractivity contribution in [2.24, 2.45) is 11.1 Å². The minimum absolute atomic E-state index is 0.0128. The number of hydrogen-bond donors (Lipinski definition) is 2. The summed E-state index contributed by atoms with van der Waals surface area (Å²) in [5.74, 6) is 0.149. The molecule has 0 radical (unpaired) electrons. The van der Waals surface area contributed by atoms with Gasteiger partial charge in [0.2, 0.25) is 5.91 Å². The number of rotatable bonds is 6. The molecule has 1 amide bonds. The zero-order valence-corrected chi connectivity index (χ0v) is 12.7. The molecule has 0 aliphatic heterocycles. The maximum atomic E-state index is 12.2. The molecule has 4 nitrogen and oxygen atoms in total. The highest BCUT2D eigenvalue weighted by Crippen LogP contribution is 2.28. The third-order valence-electron chi connectivity index (χ3n) is 4.42. The number of aliphatic hydroxyl groups is 1. The Morgan fingerprint density at radius 1 is 1.32 bits per heavy atom. The normalized spacial score (nSPS) is 24.3. The number of carbonyl (C=O) groups excluding carboxylic acids is 1. The predicted molar refractivity (Wildman–Crippen MR) is 77.7 cm³/mol. The van der Waals surface area contributed by atoms with Gasteiger partial charge in [0.15, 0.2) is 0 Å². The van der Waals surface area contributed by atoms with Crippen molar-refractivity contribution in [1.82, 2.24) is 4.90 Å². The lowest BCUT2D eigenvalue weighted by Crippen LogP contribution is -2.46. The SMILES string of the molecule is CN(C(=O)CCC(C)(C)CCN)C1CCCCC1O. The summed E-state index contributed by atoms with van der Waals surface area (Å²) in [7, 11) is 1.83. The number of hydrogen-bond acceptors (Lipinski definition) is 3. The minimum atomic E-state index is -0.347. The summed E-state index contributed by atoms with van der Waals surface area (Å²) < 4.78 is 0. The lowest BCUT2D eigenvalue weighted by atomic mass is 9.84. The fraction of sp³-hybridized carbons (Fsp3) is 0.933. The van der Waals surface area contributed by atoms with Crippen LogP contribution in [0.2, 0.25) is 0 Å². The molecule has 1 aliphatic rings. The van der Waals surface area contributed by atoms with Gasteiger partial charge in [-0.15, -0.1) is 0 Å². The molecule has 1 saturated carbocycles. The van der Waals surface area contributed by atoms with Crippen LogP contribution < -0.4 is 5.73 Å². The Bertz CT molecular complexity index is 292. The Morgan fingerprint density at radius 3 is 2.53 bits per heavy atom. The molecule has 1 fully saturated rings. The number of nitrogens with zero attached hydrogens (tertiary/aromatic N) is 1. The van der Waals surface area contributed by atoms with Gasteiger partial charge in [0.25, 0.3) is 0 Å². The first-order valence-electron chi connectivity index (χ1n) is 7.51. The van der Waals surface area contributed by atoms with Crippen LogP contribution in [0.25, 0.3) is 0 Å². The second kappa shape index (κ2) is 7.25. The summed E-state index contributed by atoms with van der Waals surface area (Å²) in [6, 6.07) is 0.0128. The molecule has 0 aromatic rings.